The van der Waals surface area contributed by atoms with E-state index in [1.807, 2.05) is 24.0 Å². The van der Waals surface area contributed by atoms with E-state index in [1.54, 1.807) is 0 Å². The molecule has 340 valence electrons. The van der Waals surface area contributed by atoms with Crippen LogP contribution in [0, 0.1) is 13.8 Å². The smallest absolute Gasteiger partial charge is 0.426 e. The molecule has 0 saturated carbocycles. The molecule has 2 aromatic rings. The first-order chi connectivity index (χ1) is 27.9. The van der Waals surface area contributed by atoms with Gasteiger partial charge in [-0.2, -0.15) is 52.7 Å². The lowest BCUT2D eigenvalue weighted by Crippen LogP contribution is -2.52. The van der Waals surface area contributed by atoms with E-state index in [-0.39, 0.29) is 13.1 Å². The van der Waals surface area contributed by atoms with Crippen molar-refractivity contribution in [3.63, 3.8) is 0 Å². The summed E-state index contributed by atoms with van der Waals surface area (Å²) in [5.41, 5.74) is 7.77. The van der Waals surface area contributed by atoms with Gasteiger partial charge in [0.25, 0.3) is 6.10 Å². The molecule has 4 aliphatic rings. The summed E-state index contributed by atoms with van der Waals surface area (Å²) < 4.78 is 145. The highest BCUT2D eigenvalue weighted by Gasteiger charge is 2.60. The molecule has 9 nitrogen and oxygen atoms in total. The highest BCUT2D eigenvalue weighted by molar-refractivity contribution is 5.68. The maximum absolute atomic E-state index is 12.6. The van der Waals surface area contributed by atoms with Crippen molar-refractivity contribution in [1.82, 2.24) is 20.0 Å². The van der Waals surface area contributed by atoms with Crippen molar-refractivity contribution in [2.75, 3.05) is 88.3 Å². The molecule has 21 heteroatoms. The zero-order chi connectivity index (χ0) is 44.5. The van der Waals surface area contributed by atoms with Crippen LogP contribution in [-0.4, -0.2) is 141 Å². The van der Waals surface area contributed by atoms with Gasteiger partial charge in [0.2, 0.25) is 6.10 Å². The Kier molecular flexibility index (Phi) is 17.1. The van der Waals surface area contributed by atoms with Crippen molar-refractivity contribution in [3.8, 4) is 0 Å². The number of carbonyl (C=O) groups excluding carboxylic acids is 1. The Morgan fingerprint density at radius 3 is 1.33 bits per heavy atom. The van der Waals surface area contributed by atoms with Crippen molar-refractivity contribution < 1.29 is 67.3 Å². The Hall–Kier alpha value is -3.69. The van der Waals surface area contributed by atoms with Crippen molar-refractivity contribution in [3.05, 3.63) is 58.7 Å². The van der Waals surface area contributed by atoms with Crippen molar-refractivity contribution >= 4 is 17.5 Å². The summed E-state index contributed by atoms with van der Waals surface area (Å²) in [7, 11) is 0. The number of nitrogens with one attached hydrogen (secondary N) is 1. The topological polar surface area (TPSA) is 74.8 Å². The second kappa shape index (κ2) is 20.9. The van der Waals surface area contributed by atoms with E-state index in [4.69, 9.17) is 5.11 Å². The third-order valence-electron chi connectivity index (χ3n) is 10.4. The molecule has 4 aliphatic heterocycles. The summed E-state index contributed by atoms with van der Waals surface area (Å²) in [6, 6.07) is 13.2. The van der Waals surface area contributed by atoms with Gasteiger partial charge in [-0.05, 0) is 73.9 Å². The first-order valence-electron chi connectivity index (χ1n) is 19.7. The number of aryl methyl sites for hydroxylation is 2. The number of halogens is 12. The van der Waals surface area contributed by atoms with Gasteiger partial charge in [0.1, 0.15) is 0 Å². The van der Waals surface area contributed by atoms with Gasteiger partial charge < -0.3 is 29.9 Å². The van der Waals surface area contributed by atoms with Gasteiger partial charge in [0.15, 0.2) is 0 Å². The first-order valence-corrected chi connectivity index (χ1v) is 19.7. The van der Waals surface area contributed by atoms with E-state index in [9.17, 15) is 57.5 Å². The second-order valence-electron chi connectivity index (χ2n) is 15.3. The van der Waals surface area contributed by atoms with Gasteiger partial charge in [-0.1, -0.05) is 24.3 Å². The van der Waals surface area contributed by atoms with Gasteiger partial charge in [-0.3, -0.25) is 9.80 Å². The Bertz CT molecular complexity index is 1620. The molecular formula is C39H52F12N6O3. The summed E-state index contributed by atoms with van der Waals surface area (Å²) in [6.07, 6.45) is -27.7. The lowest BCUT2D eigenvalue weighted by Gasteiger charge is -2.36. The fourth-order valence-corrected chi connectivity index (χ4v) is 7.24. The van der Waals surface area contributed by atoms with Crippen molar-refractivity contribution in [2.24, 2.45) is 0 Å². The predicted molar refractivity (Wildman–Crippen MR) is 201 cm³/mol. The standard InChI is InChI=1S/C20H25F6N3O2.C16H25N3.C3H2F6O/c1-14-4-5-15(16(12-14)28-6-2-3-7-28)13-27-8-10-29(11-9-27)18(30)31-17(19(21,22)23)20(24,25)26;1-14-4-5-15(13-18-10-6-17-7-11-18)16(12-14)19-8-2-3-9-19;4-2(5,6)1(10)3(7,8)9/h4-5,12,17H,2-3,6-11,13H2,1H3;4-5,12,17H,2-3,6-11,13H2,1H3;1,10H. The molecule has 0 atom stereocenters. The molecule has 0 aromatic heterocycles. The van der Waals surface area contributed by atoms with E-state index >= 15 is 0 Å². The van der Waals surface area contributed by atoms with Crippen molar-refractivity contribution in [2.45, 2.75) is 89.5 Å². The summed E-state index contributed by atoms with van der Waals surface area (Å²) in [6.45, 7) is 15.6. The van der Waals surface area contributed by atoms with Crippen LogP contribution in [0.2, 0.25) is 0 Å². The number of amides is 1. The number of ether oxygens (including phenoxy) is 1. The number of anilines is 2. The number of alkyl halides is 12. The lowest BCUT2D eigenvalue weighted by atomic mass is 10.1. The number of hydrogen-bond donors (Lipinski definition) is 2. The number of benzene rings is 2. The van der Waals surface area contributed by atoms with Crippen LogP contribution in [0.5, 0.6) is 0 Å². The van der Waals surface area contributed by atoms with Crippen LogP contribution in [0.1, 0.15) is 47.9 Å². The fourth-order valence-electron chi connectivity index (χ4n) is 7.24. The molecule has 2 aromatic carbocycles. The van der Waals surface area contributed by atoms with E-state index < -0.39 is 43.0 Å². The van der Waals surface area contributed by atoms with Gasteiger partial charge >= 0.3 is 30.8 Å². The highest BCUT2D eigenvalue weighted by atomic mass is 19.4. The van der Waals surface area contributed by atoms with E-state index in [0.29, 0.717) is 19.6 Å². The molecule has 60 heavy (non-hydrogen) atoms. The number of aliphatic hydroxyl groups is 1. The van der Waals surface area contributed by atoms with Crippen molar-refractivity contribution in [1.29, 1.82) is 0 Å². The number of piperazine rings is 2. The molecule has 4 heterocycles. The van der Waals surface area contributed by atoms with Gasteiger partial charge in [0, 0.05) is 103 Å². The summed E-state index contributed by atoms with van der Waals surface area (Å²) in [5, 5.41) is 10.9. The maximum Gasteiger partial charge on any atom is 0.434 e. The molecule has 0 unspecified atom stereocenters. The quantitative estimate of drug-likeness (QED) is 0.273. The van der Waals surface area contributed by atoms with Crippen LogP contribution in [0.15, 0.2) is 36.4 Å². The fraction of sp³-hybridized carbons (Fsp3) is 0.667. The third kappa shape index (κ3) is 14.7. The molecule has 0 radical (unpaired) electrons. The number of hydrogen-bond acceptors (Lipinski definition) is 8. The maximum atomic E-state index is 12.6. The molecule has 1 amide bonds. The average molecular weight is 881 g/mol. The van der Waals surface area contributed by atoms with Crippen LogP contribution >= 0.6 is 0 Å². The Morgan fingerprint density at radius 2 is 0.983 bits per heavy atom. The van der Waals surface area contributed by atoms with E-state index in [0.717, 1.165) is 67.3 Å². The summed E-state index contributed by atoms with van der Waals surface area (Å²) in [5.74, 6) is 0. The SMILES string of the molecule is Cc1ccc(CN2CCN(C(=O)OC(C(F)(F)F)C(F)(F)F)CC2)c(N2CCCC2)c1.Cc1ccc(CN2CCNCC2)c(N2CCCC2)c1.OC(C(F)(F)F)C(F)(F)F. The van der Waals surface area contributed by atoms with Crippen LogP contribution in [0.4, 0.5) is 68.9 Å². The minimum atomic E-state index is -5.72. The number of aliphatic hydroxyl groups excluding tert-OH is 1. The second-order valence-corrected chi connectivity index (χ2v) is 15.3. The van der Waals surface area contributed by atoms with E-state index in [2.05, 4.69) is 55.9 Å². The number of rotatable bonds is 7. The largest absolute Gasteiger partial charge is 0.434 e. The van der Waals surface area contributed by atoms with Gasteiger partial charge in [-0.25, -0.2) is 4.79 Å². The number of nitrogens with zero attached hydrogens (tertiary/aromatic N) is 5. The lowest BCUT2D eigenvalue weighted by molar-refractivity contribution is -0.309. The van der Waals surface area contributed by atoms with E-state index in [1.165, 1.54) is 55.8 Å². The van der Waals surface area contributed by atoms with Crippen LogP contribution in [0.25, 0.3) is 0 Å². The van der Waals surface area contributed by atoms with Crippen LogP contribution < -0.4 is 15.1 Å². The Labute approximate surface area is 341 Å². The van der Waals surface area contributed by atoms with Crippen LogP contribution in [-0.2, 0) is 17.8 Å². The zero-order valence-electron chi connectivity index (χ0n) is 33.4. The Balaban J connectivity index is 0.000000231. The molecule has 0 spiro atoms. The van der Waals surface area contributed by atoms with Gasteiger partial charge in [0.05, 0.1) is 0 Å². The molecule has 6 rings (SSSR count). The minimum Gasteiger partial charge on any atom is -0.426 e. The Morgan fingerprint density at radius 1 is 0.600 bits per heavy atom. The normalized spacial score (nSPS) is 18.7. The minimum absolute atomic E-state index is 0.00776. The third-order valence-corrected chi connectivity index (χ3v) is 10.4. The van der Waals surface area contributed by atoms with Crippen LogP contribution in [0.3, 0.4) is 0 Å². The highest BCUT2D eigenvalue weighted by Crippen LogP contribution is 2.37. The zero-order valence-corrected chi connectivity index (χ0v) is 33.4. The molecule has 4 fully saturated rings. The molecular weight excluding hydrogens is 828 g/mol. The van der Waals surface area contributed by atoms with Gasteiger partial charge in [-0.15, -0.1) is 0 Å². The molecule has 0 bridgehead atoms. The predicted octanol–water partition coefficient (Wildman–Crippen LogP) is 7.81. The molecule has 2 N–H and O–H groups in total. The molecule has 4 saturated heterocycles. The monoisotopic (exact) mass is 880 g/mol. The summed E-state index contributed by atoms with van der Waals surface area (Å²) >= 11 is 0. The summed E-state index contributed by atoms with van der Waals surface area (Å²) in [4.78, 5) is 22.3. The average Bonchev–Trinajstić information content (AvgIpc) is 3.91. The first kappa shape index (κ1) is 49.0. The molecule has 0 aliphatic carbocycles. The number of carbonyl (C=O) groups is 1.